The number of rotatable bonds is 6. The van der Waals surface area contributed by atoms with Gasteiger partial charge in [-0.2, -0.15) is 0 Å². The molecule has 3 rings (SSSR count). The number of esters is 1. The van der Waals surface area contributed by atoms with E-state index in [-0.39, 0.29) is 23.2 Å². The first-order valence-electron chi connectivity index (χ1n) is 8.38. The van der Waals surface area contributed by atoms with Crippen molar-refractivity contribution >= 4 is 40.0 Å². The number of H-pyrrole nitrogens is 1. The van der Waals surface area contributed by atoms with Gasteiger partial charge in [-0.05, 0) is 38.2 Å². The molecule has 1 aliphatic rings. The molecular formula is C17H19N3O4S2. The van der Waals surface area contributed by atoms with Crippen molar-refractivity contribution in [1.29, 1.82) is 0 Å². The van der Waals surface area contributed by atoms with Crippen LogP contribution in [0.25, 0.3) is 0 Å². The number of carbonyl (C=O) groups excluding carboxylic acids is 2. The largest absolute Gasteiger partial charge is 0.462 e. The molecule has 0 unspecified atom stereocenters. The van der Waals surface area contributed by atoms with Gasteiger partial charge in [-0.25, -0.2) is 9.78 Å². The normalized spacial score (nSPS) is 13.1. The molecule has 0 radical (unpaired) electrons. The number of hydrogen-bond donors (Lipinski definition) is 2. The molecule has 1 amide bonds. The van der Waals surface area contributed by atoms with E-state index in [1.54, 1.807) is 6.92 Å². The van der Waals surface area contributed by atoms with E-state index < -0.39 is 0 Å². The number of amides is 1. The summed E-state index contributed by atoms with van der Waals surface area (Å²) in [4.78, 5) is 43.7. The number of aromatic amines is 1. The van der Waals surface area contributed by atoms with Gasteiger partial charge in [-0.3, -0.25) is 9.59 Å². The molecule has 2 heterocycles. The summed E-state index contributed by atoms with van der Waals surface area (Å²) in [5.41, 5.74) is 1.24. The summed E-state index contributed by atoms with van der Waals surface area (Å²) >= 11 is 2.58. The van der Waals surface area contributed by atoms with Crippen molar-refractivity contribution in [2.45, 2.75) is 37.8 Å². The molecule has 138 valence electrons. The van der Waals surface area contributed by atoms with Gasteiger partial charge in [0, 0.05) is 17.1 Å². The van der Waals surface area contributed by atoms with Crippen molar-refractivity contribution in [3.05, 3.63) is 38.6 Å². The van der Waals surface area contributed by atoms with Crippen LogP contribution < -0.4 is 10.9 Å². The molecule has 0 aromatic carbocycles. The molecule has 2 aromatic heterocycles. The number of hydrogen-bond acceptors (Lipinski definition) is 7. The zero-order chi connectivity index (χ0) is 18.5. The van der Waals surface area contributed by atoms with Gasteiger partial charge in [-0.15, -0.1) is 11.3 Å². The van der Waals surface area contributed by atoms with Crippen LogP contribution in [0.4, 0.5) is 5.00 Å². The number of ether oxygens (including phenoxy) is 1. The average molecular weight is 393 g/mol. The van der Waals surface area contributed by atoms with Crippen LogP contribution in [-0.4, -0.2) is 34.2 Å². The standard InChI is InChI=1S/C17H19N3O4S2/c1-2-24-16(23)14-10-5-3-4-6-11(10)26-15(14)19-13(22)9-25-17-18-8-7-12(21)20-17/h7-8H,2-6,9H2,1H3,(H,19,22)(H,18,20,21). The summed E-state index contributed by atoms with van der Waals surface area (Å²) in [6.45, 7) is 2.05. The number of aryl methyl sites for hydroxylation is 1. The highest BCUT2D eigenvalue weighted by Crippen LogP contribution is 2.38. The number of nitrogens with zero attached hydrogens (tertiary/aromatic N) is 1. The van der Waals surface area contributed by atoms with E-state index in [0.717, 1.165) is 47.9 Å². The maximum Gasteiger partial charge on any atom is 0.341 e. The topological polar surface area (TPSA) is 101 Å². The van der Waals surface area contributed by atoms with E-state index >= 15 is 0 Å². The van der Waals surface area contributed by atoms with Crippen LogP contribution in [0.3, 0.4) is 0 Å². The highest BCUT2D eigenvalue weighted by molar-refractivity contribution is 7.99. The van der Waals surface area contributed by atoms with E-state index in [2.05, 4.69) is 15.3 Å². The molecule has 0 spiro atoms. The summed E-state index contributed by atoms with van der Waals surface area (Å²) in [7, 11) is 0. The number of carbonyl (C=O) groups is 2. The number of anilines is 1. The lowest BCUT2D eigenvalue weighted by atomic mass is 9.95. The Morgan fingerprint density at radius 3 is 2.96 bits per heavy atom. The summed E-state index contributed by atoms with van der Waals surface area (Å²) in [5.74, 6) is -0.563. The molecule has 26 heavy (non-hydrogen) atoms. The molecule has 0 saturated heterocycles. The lowest BCUT2D eigenvalue weighted by Gasteiger charge is -2.12. The van der Waals surface area contributed by atoms with E-state index in [4.69, 9.17) is 4.74 Å². The smallest absolute Gasteiger partial charge is 0.341 e. The summed E-state index contributed by atoms with van der Waals surface area (Å²) in [6, 6.07) is 1.31. The predicted octanol–water partition coefficient (Wildman–Crippen LogP) is 2.62. The Morgan fingerprint density at radius 1 is 1.38 bits per heavy atom. The number of fused-ring (bicyclic) bond motifs is 1. The van der Waals surface area contributed by atoms with Crippen LogP contribution in [-0.2, 0) is 22.4 Å². The highest BCUT2D eigenvalue weighted by atomic mass is 32.2. The number of aromatic nitrogens is 2. The van der Waals surface area contributed by atoms with Gasteiger partial charge in [-0.1, -0.05) is 11.8 Å². The van der Waals surface area contributed by atoms with Crippen molar-refractivity contribution in [1.82, 2.24) is 9.97 Å². The van der Waals surface area contributed by atoms with E-state index in [1.807, 2.05) is 0 Å². The van der Waals surface area contributed by atoms with Crippen molar-refractivity contribution in [3.63, 3.8) is 0 Å². The van der Waals surface area contributed by atoms with Gasteiger partial charge in [0.05, 0.1) is 17.9 Å². The van der Waals surface area contributed by atoms with E-state index in [9.17, 15) is 14.4 Å². The Morgan fingerprint density at radius 2 is 2.19 bits per heavy atom. The molecule has 9 heteroatoms. The second-order valence-electron chi connectivity index (χ2n) is 5.71. The first-order chi connectivity index (χ1) is 12.6. The third-order valence-electron chi connectivity index (χ3n) is 3.89. The minimum absolute atomic E-state index is 0.0811. The Bertz CT molecular complexity index is 875. The molecule has 1 aliphatic carbocycles. The molecule has 0 fully saturated rings. The molecule has 0 aliphatic heterocycles. The molecule has 0 atom stereocenters. The first-order valence-corrected chi connectivity index (χ1v) is 10.2. The minimum atomic E-state index is -0.385. The van der Waals surface area contributed by atoms with Gasteiger partial charge in [0.1, 0.15) is 5.00 Å². The Kier molecular flexibility index (Phi) is 6.10. The maximum atomic E-state index is 12.4. The summed E-state index contributed by atoms with van der Waals surface area (Å²) in [5, 5.41) is 3.76. The van der Waals surface area contributed by atoms with Gasteiger partial charge in [0.2, 0.25) is 5.91 Å². The predicted molar refractivity (Wildman–Crippen MR) is 101 cm³/mol. The van der Waals surface area contributed by atoms with Crippen LogP contribution >= 0.6 is 23.1 Å². The van der Waals surface area contributed by atoms with Crippen molar-refractivity contribution in [3.8, 4) is 0 Å². The fourth-order valence-corrected chi connectivity index (χ4v) is 4.74. The van der Waals surface area contributed by atoms with E-state index in [0.29, 0.717) is 22.3 Å². The monoisotopic (exact) mass is 393 g/mol. The van der Waals surface area contributed by atoms with Crippen LogP contribution in [0.5, 0.6) is 0 Å². The van der Waals surface area contributed by atoms with Crippen LogP contribution in [0.1, 0.15) is 40.6 Å². The minimum Gasteiger partial charge on any atom is -0.462 e. The number of thiophene rings is 1. The summed E-state index contributed by atoms with van der Waals surface area (Å²) in [6.07, 6.45) is 5.27. The molecule has 2 N–H and O–H groups in total. The SMILES string of the molecule is CCOC(=O)c1c(NC(=O)CSc2nccc(=O)[nH]2)sc2c1CCCC2. The van der Waals surface area contributed by atoms with Gasteiger partial charge in [0.15, 0.2) is 5.16 Å². The first kappa shape index (κ1) is 18.7. The van der Waals surface area contributed by atoms with Crippen molar-refractivity contribution in [2.24, 2.45) is 0 Å². The lowest BCUT2D eigenvalue weighted by Crippen LogP contribution is -2.17. The Hall–Kier alpha value is -2.13. The van der Waals surface area contributed by atoms with Gasteiger partial charge in [0.25, 0.3) is 5.56 Å². The van der Waals surface area contributed by atoms with E-state index in [1.165, 1.54) is 23.6 Å². The average Bonchev–Trinajstić information content (AvgIpc) is 2.98. The van der Waals surface area contributed by atoms with Crippen LogP contribution in [0, 0.1) is 0 Å². The van der Waals surface area contributed by atoms with Crippen molar-refractivity contribution in [2.75, 3.05) is 17.7 Å². The number of thioether (sulfide) groups is 1. The maximum absolute atomic E-state index is 12.4. The summed E-state index contributed by atoms with van der Waals surface area (Å²) < 4.78 is 5.18. The van der Waals surface area contributed by atoms with Crippen molar-refractivity contribution < 1.29 is 14.3 Å². The Labute approximate surface area is 158 Å². The third kappa shape index (κ3) is 4.34. The van der Waals surface area contributed by atoms with Gasteiger partial charge < -0.3 is 15.0 Å². The molecular weight excluding hydrogens is 374 g/mol. The highest BCUT2D eigenvalue weighted by Gasteiger charge is 2.27. The molecule has 2 aromatic rings. The van der Waals surface area contributed by atoms with Crippen LogP contribution in [0.15, 0.2) is 22.2 Å². The zero-order valence-corrected chi connectivity index (χ0v) is 15.9. The fourth-order valence-electron chi connectivity index (χ4n) is 2.80. The molecule has 0 bridgehead atoms. The molecule has 7 nitrogen and oxygen atoms in total. The quantitative estimate of drug-likeness (QED) is 0.444. The van der Waals surface area contributed by atoms with Gasteiger partial charge >= 0.3 is 5.97 Å². The number of nitrogens with one attached hydrogen (secondary N) is 2. The fraction of sp³-hybridized carbons (Fsp3) is 0.412. The second kappa shape index (κ2) is 8.50. The lowest BCUT2D eigenvalue weighted by molar-refractivity contribution is -0.113. The third-order valence-corrected chi connectivity index (χ3v) is 5.99. The zero-order valence-electron chi connectivity index (χ0n) is 14.3. The second-order valence-corrected chi connectivity index (χ2v) is 7.78. The molecule has 0 saturated carbocycles. The van der Waals surface area contributed by atoms with Crippen LogP contribution in [0.2, 0.25) is 0 Å². The Balaban J connectivity index is 1.73.